The van der Waals surface area contributed by atoms with Gasteiger partial charge in [0.25, 0.3) is 0 Å². The molecule has 1 saturated heterocycles. The van der Waals surface area contributed by atoms with Gasteiger partial charge in [0.05, 0.1) is 20.3 Å². The standard InChI is InChI=1S/C17H27NO5/c1-11(2)14(16(20)21-4)18-15(19)12(3)13-7-5-6-8-17(13)22-9-10-23-17/h11,13-14H,3,5-10H2,1-2,4H3,(H,18,19). The van der Waals surface area contributed by atoms with Crippen LogP contribution in [-0.4, -0.2) is 44.0 Å². The van der Waals surface area contributed by atoms with Crippen LogP contribution in [-0.2, 0) is 23.8 Å². The Labute approximate surface area is 137 Å². The van der Waals surface area contributed by atoms with Crippen molar-refractivity contribution in [1.82, 2.24) is 5.32 Å². The van der Waals surface area contributed by atoms with Crippen molar-refractivity contribution in [3.63, 3.8) is 0 Å². The molecule has 2 atom stereocenters. The van der Waals surface area contributed by atoms with E-state index in [1.807, 2.05) is 13.8 Å². The van der Waals surface area contributed by atoms with Crippen LogP contribution in [0.1, 0.15) is 39.5 Å². The van der Waals surface area contributed by atoms with Crippen LogP contribution < -0.4 is 5.32 Å². The molecule has 0 bridgehead atoms. The molecule has 1 aliphatic heterocycles. The Morgan fingerprint density at radius 3 is 2.48 bits per heavy atom. The molecule has 1 amide bonds. The third-order valence-electron chi connectivity index (χ3n) is 4.70. The molecule has 6 heteroatoms. The van der Waals surface area contributed by atoms with Crippen LogP contribution in [0.15, 0.2) is 12.2 Å². The van der Waals surface area contributed by atoms with Gasteiger partial charge in [-0.1, -0.05) is 26.8 Å². The van der Waals surface area contributed by atoms with Gasteiger partial charge in [0.1, 0.15) is 6.04 Å². The van der Waals surface area contributed by atoms with Crippen LogP contribution in [0.5, 0.6) is 0 Å². The van der Waals surface area contributed by atoms with Crippen molar-refractivity contribution < 1.29 is 23.8 Å². The van der Waals surface area contributed by atoms with Gasteiger partial charge in [-0.05, 0) is 18.8 Å². The fraction of sp³-hybridized carbons (Fsp3) is 0.765. The normalized spacial score (nSPS) is 24.4. The molecule has 1 aliphatic carbocycles. The number of esters is 1. The quantitative estimate of drug-likeness (QED) is 0.616. The molecule has 6 nitrogen and oxygen atoms in total. The SMILES string of the molecule is C=C(C(=O)NC(C(=O)OC)C(C)C)C1CCCCC12OCCO2. The van der Waals surface area contributed by atoms with Crippen molar-refractivity contribution in [2.45, 2.75) is 51.4 Å². The Bertz CT molecular complexity index is 468. The number of amides is 1. The molecule has 0 aromatic rings. The summed E-state index contributed by atoms with van der Waals surface area (Å²) in [6.07, 6.45) is 3.60. The maximum atomic E-state index is 12.6. The molecular weight excluding hydrogens is 298 g/mol. The molecule has 23 heavy (non-hydrogen) atoms. The zero-order valence-electron chi connectivity index (χ0n) is 14.2. The van der Waals surface area contributed by atoms with Gasteiger partial charge in [-0.2, -0.15) is 0 Å². The molecule has 1 heterocycles. The van der Waals surface area contributed by atoms with E-state index in [2.05, 4.69) is 11.9 Å². The molecule has 0 aromatic heterocycles. The van der Waals surface area contributed by atoms with Crippen molar-refractivity contribution in [1.29, 1.82) is 0 Å². The molecule has 1 spiro atoms. The number of rotatable bonds is 5. The minimum atomic E-state index is -0.717. The number of ether oxygens (including phenoxy) is 3. The molecule has 0 aromatic carbocycles. The fourth-order valence-corrected chi connectivity index (χ4v) is 3.39. The van der Waals surface area contributed by atoms with Crippen LogP contribution in [0.4, 0.5) is 0 Å². The molecule has 1 N–H and O–H groups in total. The minimum Gasteiger partial charge on any atom is -0.467 e. The molecule has 2 rings (SSSR count). The first-order valence-corrected chi connectivity index (χ1v) is 8.26. The predicted octanol–water partition coefficient (Wildman–Crippen LogP) is 1.79. The lowest BCUT2D eigenvalue weighted by Crippen LogP contribution is -2.49. The lowest BCUT2D eigenvalue weighted by Gasteiger charge is -2.40. The van der Waals surface area contributed by atoms with E-state index in [0.717, 1.165) is 25.7 Å². The van der Waals surface area contributed by atoms with Gasteiger partial charge in [0.2, 0.25) is 5.91 Å². The van der Waals surface area contributed by atoms with Crippen molar-refractivity contribution in [2.75, 3.05) is 20.3 Å². The topological polar surface area (TPSA) is 73.9 Å². The van der Waals surface area contributed by atoms with Crippen molar-refractivity contribution >= 4 is 11.9 Å². The van der Waals surface area contributed by atoms with Crippen molar-refractivity contribution in [3.05, 3.63) is 12.2 Å². The van der Waals surface area contributed by atoms with Crippen LogP contribution in [0.3, 0.4) is 0 Å². The summed E-state index contributed by atoms with van der Waals surface area (Å²) in [5.74, 6) is -1.75. The van der Waals surface area contributed by atoms with E-state index < -0.39 is 17.8 Å². The lowest BCUT2D eigenvalue weighted by atomic mass is 9.78. The second-order valence-corrected chi connectivity index (χ2v) is 6.55. The van der Waals surface area contributed by atoms with Crippen molar-refractivity contribution in [3.8, 4) is 0 Å². The summed E-state index contributed by atoms with van der Waals surface area (Å²) in [6.45, 7) is 8.77. The molecule has 2 fully saturated rings. The summed E-state index contributed by atoms with van der Waals surface area (Å²) < 4.78 is 16.4. The first-order chi connectivity index (χ1) is 10.9. The summed E-state index contributed by atoms with van der Waals surface area (Å²) in [5, 5.41) is 2.75. The van der Waals surface area contributed by atoms with Crippen molar-refractivity contribution in [2.24, 2.45) is 11.8 Å². The Kier molecular flexibility index (Phi) is 5.81. The number of carbonyl (C=O) groups is 2. The molecule has 2 aliphatic rings. The largest absolute Gasteiger partial charge is 0.467 e. The highest BCUT2D eigenvalue weighted by molar-refractivity contribution is 5.96. The zero-order valence-corrected chi connectivity index (χ0v) is 14.2. The van der Waals surface area contributed by atoms with E-state index in [0.29, 0.717) is 18.8 Å². The lowest BCUT2D eigenvalue weighted by molar-refractivity contribution is -0.203. The van der Waals surface area contributed by atoms with E-state index in [1.165, 1.54) is 7.11 Å². The maximum Gasteiger partial charge on any atom is 0.328 e. The highest BCUT2D eigenvalue weighted by Crippen LogP contribution is 2.43. The number of hydrogen-bond donors (Lipinski definition) is 1. The minimum absolute atomic E-state index is 0.0708. The Hall–Kier alpha value is -1.40. The second kappa shape index (κ2) is 7.45. The Morgan fingerprint density at radius 1 is 1.26 bits per heavy atom. The number of nitrogens with one attached hydrogen (secondary N) is 1. The zero-order chi connectivity index (χ0) is 17.0. The number of methoxy groups -OCH3 is 1. The van der Waals surface area contributed by atoms with E-state index >= 15 is 0 Å². The first kappa shape index (κ1) is 17.9. The van der Waals surface area contributed by atoms with Crippen LogP contribution in [0, 0.1) is 11.8 Å². The molecule has 130 valence electrons. The average Bonchev–Trinajstić information content (AvgIpc) is 2.99. The summed E-state index contributed by atoms with van der Waals surface area (Å²) in [4.78, 5) is 24.4. The van der Waals surface area contributed by atoms with Gasteiger partial charge in [0.15, 0.2) is 5.79 Å². The maximum absolute atomic E-state index is 12.6. The summed E-state index contributed by atoms with van der Waals surface area (Å²) >= 11 is 0. The van der Waals surface area contributed by atoms with Crippen LogP contribution in [0.2, 0.25) is 0 Å². The number of carbonyl (C=O) groups excluding carboxylic acids is 2. The second-order valence-electron chi connectivity index (χ2n) is 6.55. The van der Waals surface area contributed by atoms with E-state index in [4.69, 9.17) is 14.2 Å². The van der Waals surface area contributed by atoms with Crippen LogP contribution >= 0.6 is 0 Å². The summed E-state index contributed by atoms with van der Waals surface area (Å²) in [7, 11) is 1.31. The third-order valence-corrected chi connectivity index (χ3v) is 4.70. The van der Waals surface area contributed by atoms with Gasteiger partial charge in [-0.3, -0.25) is 4.79 Å². The summed E-state index contributed by atoms with van der Waals surface area (Å²) in [6, 6.07) is -0.686. The Balaban J connectivity index is 2.08. The fourth-order valence-electron chi connectivity index (χ4n) is 3.39. The average molecular weight is 325 g/mol. The van der Waals surface area contributed by atoms with E-state index in [1.54, 1.807) is 0 Å². The van der Waals surface area contributed by atoms with E-state index in [9.17, 15) is 9.59 Å². The smallest absolute Gasteiger partial charge is 0.328 e. The summed E-state index contributed by atoms with van der Waals surface area (Å²) in [5.41, 5.74) is 0.418. The Morgan fingerprint density at radius 2 is 1.91 bits per heavy atom. The molecule has 1 saturated carbocycles. The molecule has 0 radical (unpaired) electrons. The van der Waals surface area contributed by atoms with Gasteiger partial charge in [0, 0.05) is 17.9 Å². The highest BCUT2D eigenvalue weighted by Gasteiger charge is 2.48. The van der Waals surface area contributed by atoms with Gasteiger partial charge in [-0.15, -0.1) is 0 Å². The van der Waals surface area contributed by atoms with Gasteiger partial charge in [-0.25, -0.2) is 4.79 Å². The highest BCUT2D eigenvalue weighted by atomic mass is 16.7. The van der Waals surface area contributed by atoms with Crippen LogP contribution in [0.25, 0.3) is 0 Å². The van der Waals surface area contributed by atoms with Gasteiger partial charge < -0.3 is 19.5 Å². The van der Waals surface area contributed by atoms with E-state index in [-0.39, 0.29) is 17.7 Å². The molecule has 2 unspecified atom stereocenters. The monoisotopic (exact) mass is 325 g/mol. The predicted molar refractivity (Wildman–Crippen MR) is 84.5 cm³/mol. The number of hydrogen-bond acceptors (Lipinski definition) is 5. The van der Waals surface area contributed by atoms with Gasteiger partial charge >= 0.3 is 5.97 Å². The molecular formula is C17H27NO5. The first-order valence-electron chi connectivity index (χ1n) is 8.26. The third kappa shape index (κ3) is 3.75.